The molecule has 0 saturated heterocycles. The maximum absolute atomic E-state index is 6.19. The van der Waals surface area contributed by atoms with Gasteiger partial charge >= 0.3 is 0 Å². The van der Waals surface area contributed by atoms with Gasteiger partial charge in [-0.05, 0) is 29.8 Å². The molecule has 5 heteroatoms. The molecule has 0 atom stereocenters. The summed E-state index contributed by atoms with van der Waals surface area (Å²) in [7, 11) is 0. The number of rotatable bonds is 4. The third-order valence-electron chi connectivity index (χ3n) is 5.05. The first kappa shape index (κ1) is 18.2. The topological polar surface area (TPSA) is 33.6 Å². The third kappa shape index (κ3) is 3.50. The van der Waals surface area contributed by atoms with Gasteiger partial charge in [-0.3, -0.25) is 0 Å². The molecule has 3 aromatic carbocycles. The van der Waals surface area contributed by atoms with Crippen molar-refractivity contribution < 1.29 is 0 Å². The number of nitrogens with zero attached hydrogens (tertiary/aromatic N) is 2. The number of aromatic nitrogens is 3. The number of nitrogens with one attached hydrogen (secondary N) is 1. The second-order valence-corrected chi connectivity index (χ2v) is 8.31. The van der Waals surface area contributed by atoms with E-state index in [2.05, 4.69) is 67.9 Å². The molecule has 142 valence electrons. The lowest BCUT2D eigenvalue weighted by Crippen LogP contribution is -2.00. The highest BCUT2D eigenvalue weighted by Crippen LogP contribution is 2.36. The minimum absolute atomic E-state index is 0.720. The Morgan fingerprint density at radius 2 is 1.76 bits per heavy atom. The Morgan fingerprint density at radius 1 is 0.966 bits per heavy atom. The summed E-state index contributed by atoms with van der Waals surface area (Å²) in [5.74, 6) is 0. The van der Waals surface area contributed by atoms with Crippen LogP contribution in [0.15, 0.2) is 89.8 Å². The molecule has 0 aliphatic carbocycles. The van der Waals surface area contributed by atoms with Crippen LogP contribution >= 0.6 is 27.5 Å². The fourth-order valence-electron chi connectivity index (χ4n) is 3.67. The average Bonchev–Trinajstić information content (AvgIpc) is 3.33. The molecule has 5 aromatic rings. The van der Waals surface area contributed by atoms with Crippen LogP contribution in [0.1, 0.15) is 5.56 Å². The van der Waals surface area contributed by atoms with E-state index >= 15 is 0 Å². The van der Waals surface area contributed by atoms with Crippen LogP contribution in [0.25, 0.3) is 33.4 Å². The summed E-state index contributed by atoms with van der Waals surface area (Å²) >= 11 is 9.70. The average molecular weight is 463 g/mol. The van der Waals surface area contributed by atoms with Crippen molar-refractivity contribution in [2.75, 3.05) is 0 Å². The molecule has 0 saturated carbocycles. The standard InChI is InChI=1S/C24H17BrClN3/c25-18-8-6-16(7-9-18)14-29-15-28-23(17-4-2-1-3-5-17)24(29)21-13-27-22-12-19(26)10-11-20(21)22/h1-13,15,27H,14H2. The highest BCUT2D eigenvalue weighted by molar-refractivity contribution is 9.10. The Bertz CT molecular complexity index is 1290. The van der Waals surface area contributed by atoms with Gasteiger partial charge in [0.05, 0.1) is 17.7 Å². The van der Waals surface area contributed by atoms with Gasteiger partial charge in [-0.15, -0.1) is 0 Å². The van der Waals surface area contributed by atoms with Gasteiger partial charge in [0.25, 0.3) is 0 Å². The molecule has 2 heterocycles. The summed E-state index contributed by atoms with van der Waals surface area (Å²) in [4.78, 5) is 8.16. The molecule has 0 radical (unpaired) electrons. The molecular weight excluding hydrogens is 446 g/mol. The molecule has 0 bridgehead atoms. The van der Waals surface area contributed by atoms with Gasteiger partial charge in [-0.25, -0.2) is 4.98 Å². The van der Waals surface area contributed by atoms with Crippen molar-refractivity contribution in [3.05, 3.63) is 100 Å². The van der Waals surface area contributed by atoms with E-state index in [-0.39, 0.29) is 0 Å². The molecule has 1 N–H and O–H groups in total. The van der Waals surface area contributed by atoms with E-state index < -0.39 is 0 Å². The molecule has 0 amide bonds. The second kappa shape index (κ2) is 7.54. The van der Waals surface area contributed by atoms with Gasteiger partial charge < -0.3 is 9.55 Å². The van der Waals surface area contributed by atoms with Gasteiger partial charge in [0.2, 0.25) is 0 Å². The molecular formula is C24H17BrClN3. The minimum atomic E-state index is 0.720. The molecule has 2 aromatic heterocycles. The maximum Gasteiger partial charge on any atom is 0.0964 e. The highest BCUT2D eigenvalue weighted by atomic mass is 79.9. The van der Waals surface area contributed by atoms with E-state index in [1.165, 1.54) is 5.56 Å². The van der Waals surface area contributed by atoms with Crippen molar-refractivity contribution in [1.29, 1.82) is 0 Å². The van der Waals surface area contributed by atoms with Crippen LogP contribution in [0.5, 0.6) is 0 Å². The normalized spacial score (nSPS) is 11.2. The zero-order chi connectivity index (χ0) is 19.8. The molecule has 0 spiro atoms. The van der Waals surface area contributed by atoms with Gasteiger partial charge in [-0.2, -0.15) is 0 Å². The van der Waals surface area contributed by atoms with Gasteiger partial charge in [0.1, 0.15) is 0 Å². The zero-order valence-electron chi connectivity index (χ0n) is 15.4. The first-order valence-corrected chi connectivity index (χ1v) is 10.5. The van der Waals surface area contributed by atoms with Crippen molar-refractivity contribution >= 4 is 38.4 Å². The Hall–Kier alpha value is -2.82. The number of hydrogen-bond acceptors (Lipinski definition) is 1. The number of benzene rings is 3. The number of halogens is 2. The smallest absolute Gasteiger partial charge is 0.0964 e. The summed E-state index contributed by atoms with van der Waals surface area (Å²) < 4.78 is 3.29. The van der Waals surface area contributed by atoms with Crippen molar-refractivity contribution in [3.8, 4) is 22.5 Å². The van der Waals surface area contributed by atoms with Crippen molar-refractivity contribution in [1.82, 2.24) is 14.5 Å². The molecule has 0 aliphatic heterocycles. The molecule has 3 nitrogen and oxygen atoms in total. The second-order valence-electron chi connectivity index (χ2n) is 6.95. The molecule has 0 aliphatic rings. The van der Waals surface area contributed by atoms with Gasteiger partial charge in [0, 0.05) is 44.3 Å². The third-order valence-corrected chi connectivity index (χ3v) is 5.81. The quantitative estimate of drug-likeness (QED) is 0.302. The monoisotopic (exact) mass is 461 g/mol. The lowest BCUT2D eigenvalue weighted by atomic mass is 10.0. The first-order chi connectivity index (χ1) is 14.2. The van der Waals surface area contributed by atoms with Crippen LogP contribution in [-0.4, -0.2) is 14.5 Å². The van der Waals surface area contributed by atoms with Crippen LogP contribution in [0.2, 0.25) is 5.02 Å². The summed E-state index contributed by atoms with van der Waals surface area (Å²) in [6, 6.07) is 24.7. The minimum Gasteiger partial charge on any atom is -0.360 e. The summed E-state index contributed by atoms with van der Waals surface area (Å²) in [6.07, 6.45) is 3.97. The SMILES string of the molecule is Clc1ccc2c(-c3c(-c4ccccc4)ncn3Cc3ccc(Br)cc3)c[nH]c2c1. The van der Waals surface area contributed by atoms with E-state index in [1.807, 2.05) is 42.9 Å². The summed E-state index contributed by atoms with van der Waals surface area (Å²) in [5, 5.41) is 1.85. The van der Waals surface area contributed by atoms with Crippen LogP contribution < -0.4 is 0 Å². The Balaban J connectivity index is 1.70. The molecule has 0 fully saturated rings. The van der Waals surface area contributed by atoms with Crippen LogP contribution in [0.4, 0.5) is 0 Å². The number of fused-ring (bicyclic) bond motifs is 1. The maximum atomic E-state index is 6.19. The number of aromatic amines is 1. The summed E-state index contributed by atoms with van der Waals surface area (Å²) in [5.41, 5.74) is 6.51. The zero-order valence-corrected chi connectivity index (χ0v) is 17.8. The lowest BCUT2D eigenvalue weighted by Gasteiger charge is -2.11. The first-order valence-electron chi connectivity index (χ1n) is 9.31. The largest absolute Gasteiger partial charge is 0.360 e. The molecule has 0 unspecified atom stereocenters. The van der Waals surface area contributed by atoms with Crippen molar-refractivity contribution in [3.63, 3.8) is 0 Å². The van der Waals surface area contributed by atoms with Gasteiger partial charge in [0.15, 0.2) is 0 Å². The number of H-pyrrole nitrogens is 1. The Labute approximate surface area is 182 Å². The highest BCUT2D eigenvalue weighted by Gasteiger charge is 2.18. The number of imidazole rings is 1. The van der Waals surface area contributed by atoms with E-state index in [9.17, 15) is 0 Å². The van der Waals surface area contributed by atoms with Crippen molar-refractivity contribution in [2.24, 2.45) is 0 Å². The van der Waals surface area contributed by atoms with Crippen molar-refractivity contribution in [2.45, 2.75) is 6.54 Å². The Kier molecular flexibility index (Phi) is 4.74. The number of hydrogen-bond donors (Lipinski definition) is 1. The van der Waals surface area contributed by atoms with E-state index in [0.717, 1.165) is 49.5 Å². The van der Waals surface area contributed by atoms with E-state index in [1.54, 1.807) is 0 Å². The summed E-state index contributed by atoms with van der Waals surface area (Å²) in [6.45, 7) is 0.739. The van der Waals surface area contributed by atoms with Crippen LogP contribution in [0.3, 0.4) is 0 Å². The van der Waals surface area contributed by atoms with E-state index in [4.69, 9.17) is 16.6 Å². The molecule has 29 heavy (non-hydrogen) atoms. The van der Waals surface area contributed by atoms with Crippen LogP contribution in [-0.2, 0) is 6.54 Å². The predicted octanol–water partition coefficient (Wildman–Crippen LogP) is 7.16. The predicted molar refractivity (Wildman–Crippen MR) is 123 cm³/mol. The van der Waals surface area contributed by atoms with E-state index in [0.29, 0.717) is 0 Å². The van der Waals surface area contributed by atoms with Crippen LogP contribution in [0, 0.1) is 0 Å². The molecule has 5 rings (SSSR count). The lowest BCUT2D eigenvalue weighted by molar-refractivity contribution is 0.805. The van der Waals surface area contributed by atoms with Gasteiger partial charge in [-0.1, -0.05) is 76.1 Å². The fourth-order valence-corrected chi connectivity index (χ4v) is 4.11. The fraction of sp³-hybridized carbons (Fsp3) is 0.0417. The Morgan fingerprint density at radius 3 is 2.55 bits per heavy atom.